The number of rotatable bonds is 6. The van der Waals surface area contributed by atoms with Gasteiger partial charge in [0.2, 0.25) is 0 Å². The molecule has 0 amide bonds. The highest BCUT2D eigenvalue weighted by atomic mass is 32.2. The van der Waals surface area contributed by atoms with Crippen LogP contribution in [0.2, 0.25) is 0 Å². The molecule has 0 saturated heterocycles. The van der Waals surface area contributed by atoms with Gasteiger partial charge in [-0.3, -0.25) is 9.78 Å². The lowest BCUT2D eigenvalue weighted by atomic mass is 10.3. The number of nitrogens with two attached hydrogens (primary N) is 1. The third kappa shape index (κ3) is 5.14. The molecule has 1 atom stereocenters. The Bertz CT molecular complexity index is 376. The molecule has 4 nitrogen and oxygen atoms in total. The Morgan fingerprint density at radius 2 is 2.41 bits per heavy atom. The SMILES string of the molecule is CCOC(=O)C(N)CSCc1cncc(F)c1. The van der Waals surface area contributed by atoms with Crippen LogP contribution in [0.1, 0.15) is 12.5 Å². The van der Waals surface area contributed by atoms with Crippen molar-refractivity contribution in [2.45, 2.75) is 18.7 Å². The van der Waals surface area contributed by atoms with Crippen molar-refractivity contribution >= 4 is 17.7 Å². The van der Waals surface area contributed by atoms with Crippen molar-refractivity contribution in [2.75, 3.05) is 12.4 Å². The van der Waals surface area contributed by atoms with Crippen LogP contribution in [0.3, 0.4) is 0 Å². The highest BCUT2D eigenvalue weighted by Gasteiger charge is 2.14. The number of pyridine rings is 1. The minimum Gasteiger partial charge on any atom is -0.465 e. The van der Waals surface area contributed by atoms with Gasteiger partial charge in [0.05, 0.1) is 12.8 Å². The predicted molar refractivity (Wildman–Crippen MR) is 65.0 cm³/mol. The van der Waals surface area contributed by atoms with E-state index in [1.165, 1.54) is 17.8 Å². The van der Waals surface area contributed by atoms with Gasteiger partial charge in [-0.25, -0.2) is 4.39 Å². The van der Waals surface area contributed by atoms with E-state index in [-0.39, 0.29) is 5.82 Å². The fourth-order valence-corrected chi connectivity index (χ4v) is 2.06. The van der Waals surface area contributed by atoms with E-state index >= 15 is 0 Å². The van der Waals surface area contributed by atoms with Gasteiger partial charge in [-0.1, -0.05) is 0 Å². The molecular formula is C11H15FN2O2S. The Morgan fingerprint density at radius 3 is 3.06 bits per heavy atom. The molecule has 0 spiro atoms. The first-order valence-corrected chi connectivity index (χ1v) is 6.38. The number of aromatic nitrogens is 1. The average molecular weight is 258 g/mol. The molecule has 0 bridgehead atoms. The quantitative estimate of drug-likeness (QED) is 0.780. The number of carbonyl (C=O) groups is 1. The second-order valence-corrected chi connectivity index (χ2v) is 4.42. The summed E-state index contributed by atoms with van der Waals surface area (Å²) < 4.78 is 17.6. The van der Waals surface area contributed by atoms with Crippen LogP contribution in [0.5, 0.6) is 0 Å². The molecule has 0 radical (unpaired) electrons. The molecule has 1 rings (SSSR count). The second-order valence-electron chi connectivity index (χ2n) is 3.39. The summed E-state index contributed by atoms with van der Waals surface area (Å²) in [5.41, 5.74) is 6.38. The normalized spacial score (nSPS) is 12.2. The van der Waals surface area contributed by atoms with E-state index in [1.54, 1.807) is 13.1 Å². The zero-order valence-electron chi connectivity index (χ0n) is 9.56. The van der Waals surface area contributed by atoms with Crippen LogP contribution < -0.4 is 5.73 Å². The van der Waals surface area contributed by atoms with Crippen molar-refractivity contribution in [3.63, 3.8) is 0 Å². The standard InChI is InChI=1S/C11H15FN2O2S/c1-2-16-11(15)10(13)7-17-6-8-3-9(12)5-14-4-8/h3-5,10H,2,6-7,13H2,1H3. The Kier molecular flexibility index (Phi) is 5.93. The Morgan fingerprint density at radius 1 is 1.65 bits per heavy atom. The largest absolute Gasteiger partial charge is 0.465 e. The fraction of sp³-hybridized carbons (Fsp3) is 0.455. The van der Waals surface area contributed by atoms with Crippen LogP contribution in [-0.2, 0) is 15.3 Å². The van der Waals surface area contributed by atoms with Crippen LogP contribution in [0.25, 0.3) is 0 Å². The van der Waals surface area contributed by atoms with Gasteiger partial charge in [0.25, 0.3) is 0 Å². The molecule has 0 saturated carbocycles. The predicted octanol–water partition coefficient (Wildman–Crippen LogP) is 1.34. The molecule has 1 heterocycles. The van der Waals surface area contributed by atoms with E-state index in [0.29, 0.717) is 18.1 Å². The first-order chi connectivity index (χ1) is 8.13. The monoisotopic (exact) mass is 258 g/mol. The van der Waals surface area contributed by atoms with Crippen LogP contribution in [-0.4, -0.2) is 29.4 Å². The molecule has 0 aliphatic heterocycles. The second kappa shape index (κ2) is 7.24. The molecule has 0 fully saturated rings. The van der Waals surface area contributed by atoms with E-state index in [2.05, 4.69) is 4.98 Å². The summed E-state index contributed by atoms with van der Waals surface area (Å²) >= 11 is 1.44. The van der Waals surface area contributed by atoms with Crippen LogP contribution in [0.15, 0.2) is 18.5 Å². The number of nitrogens with zero attached hydrogens (tertiary/aromatic N) is 1. The van der Waals surface area contributed by atoms with Gasteiger partial charge in [0.15, 0.2) is 0 Å². The summed E-state index contributed by atoms with van der Waals surface area (Å²) in [6, 6.07) is 0.775. The molecule has 94 valence electrons. The van der Waals surface area contributed by atoms with Crippen molar-refractivity contribution < 1.29 is 13.9 Å². The minimum absolute atomic E-state index is 0.324. The van der Waals surface area contributed by atoms with E-state index < -0.39 is 12.0 Å². The summed E-state index contributed by atoms with van der Waals surface area (Å²) in [6.07, 6.45) is 2.74. The fourth-order valence-electron chi connectivity index (χ4n) is 1.16. The third-order valence-corrected chi connectivity index (χ3v) is 3.05. The summed E-state index contributed by atoms with van der Waals surface area (Å²) in [6.45, 7) is 2.06. The van der Waals surface area contributed by atoms with Crippen LogP contribution in [0.4, 0.5) is 4.39 Å². The Labute approximate surface area is 104 Å². The zero-order chi connectivity index (χ0) is 12.7. The first kappa shape index (κ1) is 13.9. The summed E-state index contributed by atoms with van der Waals surface area (Å²) in [5.74, 6) is 0.239. The summed E-state index contributed by atoms with van der Waals surface area (Å²) in [7, 11) is 0. The topological polar surface area (TPSA) is 65.2 Å². The molecule has 1 aromatic heterocycles. The van der Waals surface area contributed by atoms with Crippen molar-refractivity contribution in [3.8, 4) is 0 Å². The summed E-state index contributed by atoms with van der Waals surface area (Å²) in [4.78, 5) is 14.9. The van der Waals surface area contributed by atoms with Gasteiger partial charge in [0, 0.05) is 17.7 Å². The maximum atomic E-state index is 12.8. The van der Waals surface area contributed by atoms with Crippen LogP contribution in [0, 0.1) is 5.82 Å². The molecule has 1 aromatic rings. The van der Waals surface area contributed by atoms with Crippen molar-refractivity contribution in [1.29, 1.82) is 0 Å². The van der Waals surface area contributed by atoms with Gasteiger partial charge in [0.1, 0.15) is 11.9 Å². The van der Waals surface area contributed by atoms with Crippen molar-refractivity contribution in [2.24, 2.45) is 5.73 Å². The lowest BCUT2D eigenvalue weighted by Crippen LogP contribution is -2.34. The molecule has 1 unspecified atom stereocenters. The van der Waals surface area contributed by atoms with Gasteiger partial charge in [-0.15, -0.1) is 0 Å². The summed E-state index contributed by atoms with van der Waals surface area (Å²) in [5, 5.41) is 0. The number of halogens is 1. The maximum absolute atomic E-state index is 12.8. The minimum atomic E-state index is -0.638. The molecular weight excluding hydrogens is 243 g/mol. The van der Waals surface area contributed by atoms with Gasteiger partial charge < -0.3 is 10.5 Å². The van der Waals surface area contributed by atoms with Crippen molar-refractivity contribution in [3.05, 3.63) is 29.8 Å². The third-order valence-electron chi connectivity index (χ3n) is 1.92. The molecule has 2 N–H and O–H groups in total. The maximum Gasteiger partial charge on any atom is 0.323 e. The molecule has 0 aliphatic carbocycles. The zero-order valence-corrected chi connectivity index (χ0v) is 10.4. The lowest BCUT2D eigenvalue weighted by Gasteiger charge is -2.09. The smallest absolute Gasteiger partial charge is 0.323 e. The Balaban J connectivity index is 2.30. The van der Waals surface area contributed by atoms with Gasteiger partial charge in [-0.2, -0.15) is 11.8 Å². The number of thioether (sulfide) groups is 1. The van der Waals surface area contributed by atoms with Crippen molar-refractivity contribution in [1.82, 2.24) is 4.98 Å². The van der Waals surface area contributed by atoms with E-state index in [9.17, 15) is 9.18 Å². The van der Waals surface area contributed by atoms with E-state index in [1.807, 2.05) is 0 Å². The highest BCUT2D eigenvalue weighted by Crippen LogP contribution is 2.13. The number of hydrogen-bond acceptors (Lipinski definition) is 5. The number of carbonyl (C=O) groups excluding carboxylic acids is 1. The highest BCUT2D eigenvalue weighted by molar-refractivity contribution is 7.98. The molecule has 6 heteroatoms. The van der Waals surface area contributed by atoms with Gasteiger partial charge >= 0.3 is 5.97 Å². The first-order valence-electron chi connectivity index (χ1n) is 5.23. The van der Waals surface area contributed by atoms with E-state index in [4.69, 9.17) is 10.5 Å². The van der Waals surface area contributed by atoms with Crippen LogP contribution >= 0.6 is 11.8 Å². The lowest BCUT2D eigenvalue weighted by molar-refractivity contribution is -0.144. The average Bonchev–Trinajstić information content (AvgIpc) is 2.29. The molecule has 0 aromatic carbocycles. The van der Waals surface area contributed by atoms with Gasteiger partial charge in [-0.05, 0) is 18.6 Å². The number of hydrogen-bond donors (Lipinski definition) is 1. The molecule has 17 heavy (non-hydrogen) atoms. The Hall–Kier alpha value is -1.14. The number of ether oxygens (including phenoxy) is 1. The molecule has 0 aliphatic rings. The van der Waals surface area contributed by atoms with E-state index in [0.717, 1.165) is 11.8 Å². The number of esters is 1.